The lowest BCUT2D eigenvalue weighted by atomic mass is 10.1. The minimum atomic E-state index is -0.266. The summed E-state index contributed by atoms with van der Waals surface area (Å²) in [5, 5.41) is 0. The highest BCUT2D eigenvalue weighted by molar-refractivity contribution is 6.16. The van der Waals surface area contributed by atoms with Crippen molar-refractivity contribution >= 4 is 23.6 Å². The largest absolute Gasteiger partial charge is 0.275 e. The molecular weight excluding hydrogens is 332 g/mol. The standard InChI is InChI=1S/C20H20N2O4/c1-13-10-17(23)21(19(13)25)8-6-15-4-3-5-16(12-15)7-9-22-18(24)11-14(2)20(22)26/h3-5,10-12H,6-9H2,1-2H3. The summed E-state index contributed by atoms with van der Waals surface area (Å²) in [6.07, 6.45) is 3.85. The topological polar surface area (TPSA) is 74.8 Å². The van der Waals surface area contributed by atoms with Gasteiger partial charge in [0.25, 0.3) is 23.6 Å². The lowest BCUT2D eigenvalue weighted by Gasteiger charge is -2.16. The molecule has 0 fully saturated rings. The molecule has 0 saturated heterocycles. The minimum absolute atomic E-state index is 0.236. The smallest absolute Gasteiger partial charge is 0.256 e. The van der Waals surface area contributed by atoms with Gasteiger partial charge >= 0.3 is 0 Å². The molecule has 6 heteroatoms. The summed E-state index contributed by atoms with van der Waals surface area (Å²) in [4.78, 5) is 49.9. The van der Waals surface area contributed by atoms with Crippen molar-refractivity contribution in [1.29, 1.82) is 0 Å². The van der Waals surface area contributed by atoms with E-state index in [0.717, 1.165) is 11.1 Å². The van der Waals surface area contributed by atoms with E-state index in [4.69, 9.17) is 0 Å². The van der Waals surface area contributed by atoms with Crippen molar-refractivity contribution in [3.8, 4) is 0 Å². The third-order valence-corrected chi connectivity index (χ3v) is 4.62. The fourth-order valence-electron chi connectivity index (χ4n) is 3.12. The highest BCUT2D eigenvalue weighted by Crippen LogP contribution is 2.16. The van der Waals surface area contributed by atoms with Crippen LogP contribution in [0.1, 0.15) is 25.0 Å². The number of hydrogen-bond acceptors (Lipinski definition) is 4. The Hall–Kier alpha value is -3.02. The first-order valence-corrected chi connectivity index (χ1v) is 8.53. The Morgan fingerprint density at radius 2 is 1.15 bits per heavy atom. The van der Waals surface area contributed by atoms with E-state index >= 15 is 0 Å². The zero-order valence-corrected chi connectivity index (χ0v) is 14.8. The Bertz CT molecular complexity index is 799. The molecule has 0 N–H and O–H groups in total. The molecule has 0 saturated carbocycles. The van der Waals surface area contributed by atoms with Crippen LogP contribution in [0.5, 0.6) is 0 Å². The van der Waals surface area contributed by atoms with Gasteiger partial charge in [0.2, 0.25) is 0 Å². The number of amides is 4. The van der Waals surface area contributed by atoms with Crippen LogP contribution in [-0.4, -0.2) is 46.5 Å². The summed E-state index contributed by atoms with van der Waals surface area (Å²) in [5.41, 5.74) is 2.93. The summed E-state index contributed by atoms with van der Waals surface area (Å²) in [6, 6.07) is 7.76. The molecule has 134 valence electrons. The Morgan fingerprint density at radius 3 is 1.50 bits per heavy atom. The molecule has 2 aliphatic rings. The molecule has 0 spiro atoms. The van der Waals surface area contributed by atoms with Gasteiger partial charge in [0.15, 0.2) is 0 Å². The lowest BCUT2D eigenvalue weighted by Crippen LogP contribution is -2.33. The van der Waals surface area contributed by atoms with Crippen LogP contribution in [-0.2, 0) is 32.0 Å². The molecule has 1 aromatic rings. The molecular formula is C20H20N2O4. The number of nitrogens with zero attached hydrogens (tertiary/aromatic N) is 2. The summed E-state index contributed by atoms with van der Waals surface area (Å²) in [6.45, 7) is 3.94. The molecule has 0 unspecified atom stereocenters. The predicted molar refractivity (Wildman–Crippen MR) is 94.8 cm³/mol. The minimum Gasteiger partial charge on any atom is -0.275 e. The fraction of sp³-hybridized carbons (Fsp3) is 0.300. The average Bonchev–Trinajstić information content (AvgIpc) is 2.99. The summed E-state index contributed by atoms with van der Waals surface area (Å²) in [5.74, 6) is -1.00. The molecule has 1 aromatic carbocycles. The number of rotatable bonds is 6. The van der Waals surface area contributed by atoms with Gasteiger partial charge in [-0.25, -0.2) is 0 Å². The van der Waals surface area contributed by atoms with Crippen LogP contribution in [0, 0.1) is 0 Å². The predicted octanol–water partition coefficient (Wildman–Crippen LogP) is 1.40. The number of carbonyl (C=O) groups is 4. The highest BCUT2D eigenvalue weighted by atomic mass is 16.2. The summed E-state index contributed by atoms with van der Waals surface area (Å²) in [7, 11) is 0. The van der Waals surface area contributed by atoms with E-state index in [0.29, 0.717) is 37.1 Å². The van der Waals surface area contributed by atoms with Gasteiger partial charge in [-0.3, -0.25) is 29.0 Å². The van der Waals surface area contributed by atoms with Gasteiger partial charge < -0.3 is 0 Å². The molecule has 0 aliphatic carbocycles. The Morgan fingerprint density at radius 1 is 0.731 bits per heavy atom. The molecule has 4 amide bonds. The van der Waals surface area contributed by atoms with Crippen molar-refractivity contribution in [2.45, 2.75) is 26.7 Å². The van der Waals surface area contributed by atoms with Gasteiger partial charge in [-0.05, 0) is 37.8 Å². The second-order valence-electron chi connectivity index (χ2n) is 6.56. The van der Waals surface area contributed by atoms with E-state index in [1.165, 1.54) is 22.0 Å². The maximum Gasteiger partial charge on any atom is 0.256 e. The zero-order valence-electron chi connectivity index (χ0n) is 14.8. The molecule has 26 heavy (non-hydrogen) atoms. The van der Waals surface area contributed by atoms with E-state index in [-0.39, 0.29) is 23.6 Å². The molecule has 0 bridgehead atoms. The van der Waals surface area contributed by atoms with Crippen LogP contribution >= 0.6 is 0 Å². The second-order valence-corrected chi connectivity index (χ2v) is 6.56. The molecule has 2 heterocycles. The van der Waals surface area contributed by atoms with Gasteiger partial charge in [-0.2, -0.15) is 0 Å². The zero-order chi connectivity index (χ0) is 18.8. The van der Waals surface area contributed by atoms with Crippen molar-refractivity contribution in [2.75, 3.05) is 13.1 Å². The van der Waals surface area contributed by atoms with E-state index < -0.39 is 0 Å². The van der Waals surface area contributed by atoms with Crippen molar-refractivity contribution in [3.63, 3.8) is 0 Å². The molecule has 0 atom stereocenters. The van der Waals surface area contributed by atoms with Crippen molar-refractivity contribution < 1.29 is 19.2 Å². The van der Waals surface area contributed by atoms with Gasteiger partial charge in [0, 0.05) is 36.4 Å². The van der Waals surface area contributed by atoms with Crippen LogP contribution in [0.4, 0.5) is 0 Å². The lowest BCUT2D eigenvalue weighted by molar-refractivity contribution is -0.138. The van der Waals surface area contributed by atoms with Crippen LogP contribution in [0.15, 0.2) is 47.6 Å². The van der Waals surface area contributed by atoms with Gasteiger partial charge in [-0.1, -0.05) is 24.3 Å². The number of imide groups is 2. The van der Waals surface area contributed by atoms with Gasteiger partial charge in [-0.15, -0.1) is 0 Å². The Kier molecular flexibility index (Phi) is 4.84. The van der Waals surface area contributed by atoms with Crippen LogP contribution in [0.2, 0.25) is 0 Å². The van der Waals surface area contributed by atoms with Crippen molar-refractivity contribution in [1.82, 2.24) is 9.80 Å². The monoisotopic (exact) mass is 352 g/mol. The number of hydrogen-bond donors (Lipinski definition) is 0. The van der Waals surface area contributed by atoms with Crippen LogP contribution in [0.3, 0.4) is 0 Å². The van der Waals surface area contributed by atoms with Gasteiger partial charge in [0.1, 0.15) is 0 Å². The van der Waals surface area contributed by atoms with Crippen LogP contribution < -0.4 is 0 Å². The fourth-order valence-corrected chi connectivity index (χ4v) is 3.12. The average molecular weight is 352 g/mol. The Labute approximate surface area is 151 Å². The van der Waals surface area contributed by atoms with Crippen molar-refractivity contribution in [2.24, 2.45) is 0 Å². The first-order chi connectivity index (χ1) is 12.4. The Balaban J connectivity index is 1.57. The molecule has 3 rings (SSSR count). The van der Waals surface area contributed by atoms with Crippen LogP contribution in [0.25, 0.3) is 0 Å². The van der Waals surface area contributed by atoms with E-state index in [1.54, 1.807) is 13.8 Å². The van der Waals surface area contributed by atoms with E-state index in [2.05, 4.69) is 0 Å². The highest BCUT2D eigenvalue weighted by Gasteiger charge is 2.28. The molecule has 6 nitrogen and oxygen atoms in total. The summed E-state index contributed by atoms with van der Waals surface area (Å²) < 4.78 is 0. The second kappa shape index (κ2) is 7.07. The third kappa shape index (κ3) is 3.49. The molecule has 0 radical (unpaired) electrons. The maximum absolute atomic E-state index is 11.9. The first-order valence-electron chi connectivity index (χ1n) is 8.53. The third-order valence-electron chi connectivity index (χ3n) is 4.62. The SMILES string of the molecule is CC1=CC(=O)N(CCc2cccc(CCN3C(=O)C=C(C)C3=O)c2)C1=O. The quantitative estimate of drug-likeness (QED) is 0.726. The van der Waals surface area contributed by atoms with Crippen molar-refractivity contribution in [3.05, 3.63) is 58.7 Å². The summed E-state index contributed by atoms with van der Waals surface area (Å²) >= 11 is 0. The van der Waals surface area contributed by atoms with E-state index in [9.17, 15) is 19.2 Å². The molecule has 2 aliphatic heterocycles. The van der Waals surface area contributed by atoms with Gasteiger partial charge in [0.05, 0.1) is 0 Å². The molecule has 0 aromatic heterocycles. The maximum atomic E-state index is 11.9. The number of carbonyl (C=O) groups excluding carboxylic acids is 4. The number of benzene rings is 1. The first kappa shape index (κ1) is 17.8. The van der Waals surface area contributed by atoms with E-state index in [1.807, 2.05) is 24.3 Å². The normalized spacial score (nSPS) is 17.3.